The van der Waals surface area contributed by atoms with Crippen molar-refractivity contribution in [2.45, 2.75) is 13.5 Å². The van der Waals surface area contributed by atoms with Crippen LogP contribution in [0.2, 0.25) is 5.02 Å². The van der Waals surface area contributed by atoms with Gasteiger partial charge in [0, 0.05) is 23.6 Å². The topological polar surface area (TPSA) is 12.0 Å². The van der Waals surface area contributed by atoms with Gasteiger partial charge in [-0.3, -0.25) is 0 Å². The minimum Gasteiger partial charge on any atom is -0.309 e. The summed E-state index contributed by atoms with van der Waals surface area (Å²) < 4.78 is 0. The average Bonchev–Trinajstić information content (AvgIpc) is 2.21. The first kappa shape index (κ1) is 11.6. The summed E-state index contributed by atoms with van der Waals surface area (Å²) in [6.45, 7) is 3.63. The maximum absolute atomic E-state index is 5.77. The second-order valence-corrected chi connectivity index (χ2v) is 3.84. The Kier molecular flexibility index (Phi) is 5.02. The van der Waals surface area contributed by atoms with Crippen LogP contribution in [-0.4, -0.2) is 6.54 Å². The average molecular weight is 230 g/mol. The summed E-state index contributed by atoms with van der Waals surface area (Å²) >= 11 is 11.3. The number of halogens is 2. The molecule has 0 amide bonds. The zero-order valence-electron chi connectivity index (χ0n) is 8.06. The minimum absolute atomic E-state index is 0.769. The zero-order valence-corrected chi connectivity index (χ0v) is 9.57. The molecule has 1 nitrogen and oxygen atoms in total. The Labute approximate surface area is 94.7 Å². The molecule has 0 unspecified atom stereocenters. The van der Waals surface area contributed by atoms with Gasteiger partial charge in [-0.1, -0.05) is 35.3 Å². The maximum atomic E-state index is 5.77. The lowest BCUT2D eigenvalue weighted by Crippen LogP contribution is -2.15. The SMILES string of the molecule is C/C(=C/Cl)CNCc1ccc(Cl)cc1. The van der Waals surface area contributed by atoms with Crippen molar-refractivity contribution in [1.29, 1.82) is 0 Å². The third-order valence-electron chi connectivity index (χ3n) is 1.83. The van der Waals surface area contributed by atoms with Crippen molar-refractivity contribution in [1.82, 2.24) is 5.32 Å². The summed E-state index contributed by atoms with van der Waals surface area (Å²) in [7, 11) is 0. The molecule has 0 spiro atoms. The molecule has 0 aliphatic carbocycles. The molecule has 0 aliphatic heterocycles. The van der Waals surface area contributed by atoms with E-state index in [0.29, 0.717) is 0 Å². The highest BCUT2D eigenvalue weighted by Gasteiger charge is 1.93. The highest BCUT2D eigenvalue weighted by molar-refractivity contribution is 6.30. The van der Waals surface area contributed by atoms with Crippen LogP contribution in [0.4, 0.5) is 0 Å². The van der Waals surface area contributed by atoms with E-state index < -0.39 is 0 Å². The first-order valence-electron chi connectivity index (χ1n) is 4.43. The quantitative estimate of drug-likeness (QED) is 0.833. The van der Waals surface area contributed by atoms with Gasteiger partial charge >= 0.3 is 0 Å². The fourth-order valence-electron chi connectivity index (χ4n) is 1.04. The minimum atomic E-state index is 0.769. The molecular weight excluding hydrogens is 217 g/mol. The van der Waals surface area contributed by atoms with Gasteiger partial charge < -0.3 is 5.32 Å². The van der Waals surface area contributed by atoms with Crippen molar-refractivity contribution in [3.05, 3.63) is 46.0 Å². The lowest BCUT2D eigenvalue weighted by Gasteiger charge is -2.04. The van der Waals surface area contributed by atoms with E-state index >= 15 is 0 Å². The molecule has 0 heterocycles. The highest BCUT2D eigenvalue weighted by Crippen LogP contribution is 2.09. The zero-order chi connectivity index (χ0) is 10.4. The Morgan fingerprint density at radius 3 is 2.57 bits per heavy atom. The monoisotopic (exact) mass is 229 g/mol. The largest absolute Gasteiger partial charge is 0.309 e. The van der Waals surface area contributed by atoms with Crippen LogP contribution < -0.4 is 5.32 Å². The van der Waals surface area contributed by atoms with Gasteiger partial charge in [0.25, 0.3) is 0 Å². The Hall–Kier alpha value is -0.500. The van der Waals surface area contributed by atoms with Crippen molar-refractivity contribution >= 4 is 23.2 Å². The van der Waals surface area contributed by atoms with Crippen molar-refractivity contribution in [2.24, 2.45) is 0 Å². The van der Waals surface area contributed by atoms with E-state index in [0.717, 1.165) is 23.7 Å². The normalized spacial score (nSPS) is 11.8. The third kappa shape index (κ3) is 4.14. The van der Waals surface area contributed by atoms with E-state index in [1.807, 2.05) is 31.2 Å². The molecule has 1 N–H and O–H groups in total. The van der Waals surface area contributed by atoms with Crippen molar-refractivity contribution < 1.29 is 0 Å². The maximum Gasteiger partial charge on any atom is 0.0406 e. The molecule has 0 aromatic heterocycles. The van der Waals surface area contributed by atoms with Gasteiger partial charge in [0.2, 0.25) is 0 Å². The molecule has 0 aliphatic rings. The summed E-state index contributed by atoms with van der Waals surface area (Å²) in [5, 5.41) is 4.05. The number of rotatable bonds is 4. The molecular formula is C11H13Cl2N. The van der Waals surface area contributed by atoms with Gasteiger partial charge in [0.1, 0.15) is 0 Å². The van der Waals surface area contributed by atoms with Gasteiger partial charge in [0.15, 0.2) is 0 Å². The van der Waals surface area contributed by atoms with Crippen molar-refractivity contribution in [2.75, 3.05) is 6.54 Å². The lowest BCUT2D eigenvalue weighted by atomic mass is 10.2. The summed E-state index contributed by atoms with van der Waals surface area (Å²) in [5.41, 5.74) is 3.94. The van der Waals surface area contributed by atoms with E-state index in [-0.39, 0.29) is 0 Å². The van der Waals surface area contributed by atoms with Crippen LogP contribution in [0.15, 0.2) is 35.4 Å². The molecule has 0 atom stereocenters. The van der Waals surface area contributed by atoms with E-state index in [1.165, 1.54) is 5.56 Å². The number of hydrogen-bond donors (Lipinski definition) is 1. The standard InChI is InChI=1S/C11H13Cl2N/c1-9(6-12)7-14-8-10-2-4-11(13)5-3-10/h2-6,14H,7-8H2,1H3/b9-6-. The molecule has 1 rings (SSSR count). The van der Waals surface area contributed by atoms with E-state index in [9.17, 15) is 0 Å². The van der Waals surface area contributed by atoms with Crippen molar-refractivity contribution in [3.8, 4) is 0 Å². The number of nitrogens with one attached hydrogen (secondary N) is 1. The number of benzene rings is 1. The van der Waals surface area contributed by atoms with E-state index in [2.05, 4.69) is 5.32 Å². The smallest absolute Gasteiger partial charge is 0.0406 e. The Morgan fingerprint density at radius 2 is 2.00 bits per heavy atom. The Balaban J connectivity index is 2.35. The van der Waals surface area contributed by atoms with Crippen LogP contribution in [0.5, 0.6) is 0 Å². The Morgan fingerprint density at radius 1 is 1.36 bits per heavy atom. The summed E-state index contributed by atoms with van der Waals surface area (Å²) in [4.78, 5) is 0. The molecule has 0 fully saturated rings. The summed E-state index contributed by atoms with van der Waals surface area (Å²) in [6.07, 6.45) is 0. The molecule has 1 aromatic rings. The van der Waals surface area contributed by atoms with Gasteiger partial charge in [-0.2, -0.15) is 0 Å². The van der Waals surface area contributed by atoms with E-state index in [1.54, 1.807) is 5.54 Å². The highest BCUT2D eigenvalue weighted by atomic mass is 35.5. The number of hydrogen-bond acceptors (Lipinski definition) is 1. The van der Waals surface area contributed by atoms with Crippen LogP contribution in [0.25, 0.3) is 0 Å². The molecule has 14 heavy (non-hydrogen) atoms. The molecule has 0 saturated heterocycles. The predicted molar refractivity (Wildman–Crippen MR) is 62.8 cm³/mol. The van der Waals surface area contributed by atoms with Crippen LogP contribution in [0, 0.1) is 0 Å². The molecule has 76 valence electrons. The van der Waals surface area contributed by atoms with Gasteiger partial charge in [-0.25, -0.2) is 0 Å². The van der Waals surface area contributed by atoms with Crippen LogP contribution in [0.3, 0.4) is 0 Å². The van der Waals surface area contributed by atoms with Crippen LogP contribution in [0.1, 0.15) is 12.5 Å². The van der Waals surface area contributed by atoms with E-state index in [4.69, 9.17) is 23.2 Å². The third-order valence-corrected chi connectivity index (χ3v) is 2.46. The van der Waals surface area contributed by atoms with Gasteiger partial charge in [0.05, 0.1) is 0 Å². The first-order chi connectivity index (χ1) is 6.72. The van der Waals surface area contributed by atoms with Crippen LogP contribution in [-0.2, 0) is 6.54 Å². The molecule has 0 bridgehead atoms. The molecule has 0 radical (unpaired) electrons. The fourth-order valence-corrected chi connectivity index (χ4v) is 1.25. The fraction of sp³-hybridized carbons (Fsp3) is 0.273. The second kappa shape index (κ2) is 6.07. The molecule has 3 heteroatoms. The van der Waals surface area contributed by atoms with Crippen molar-refractivity contribution in [3.63, 3.8) is 0 Å². The van der Waals surface area contributed by atoms with Gasteiger partial charge in [-0.05, 0) is 30.2 Å². The predicted octanol–water partition coefficient (Wildman–Crippen LogP) is 3.57. The Bertz CT molecular complexity index is 304. The lowest BCUT2D eigenvalue weighted by molar-refractivity contribution is 0.740. The second-order valence-electron chi connectivity index (χ2n) is 3.19. The molecule has 1 aromatic carbocycles. The molecule has 0 saturated carbocycles. The summed E-state index contributed by atoms with van der Waals surface area (Å²) in [5.74, 6) is 0. The van der Waals surface area contributed by atoms with Crippen LogP contribution >= 0.6 is 23.2 Å². The first-order valence-corrected chi connectivity index (χ1v) is 5.25. The summed E-state index contributed by atoms with van der Waals surface area (Å²) in [6, 6.07) is 7.80. The van der Waals surface area contributed by atoms with Gasteiger partial charge in [-0.15, -0.1) is 0 Å².